The van der Waals surface area contributed by atoms with Crippen LogP contribution in [-0.4, -0.2) is 85.7 Å². The maximum Gasteiger partial charge on any atom is 0.407 e. The summed E-state index contributed by atoms with van der Waals surface area (Å²) in [6.07, 6.45) is 4.32. The van der Waals surface area contributed by atoms with E-state index in [0.29, 0.717) is 46.1 Å². The lowest BCUT2D eigenvalue weighted by Crippen LogP contribution is -2.54. The summed E-state index contributed by atoms with van der Waals surface area (Å²) >= 11 is 0. The molecule has 0 saturated carbocycles. The third-order valence-electron chi connectivity index (χ3n) is 9.15. The van der Waals surface area contributed by atoms with Crippen LogP contribution in [0.15, 0.2) is 91.1 Å². The van der Waals surface area contributed by atoms with Crippen molar-refractivity contribution < 1.29 is 38.3 Å². The van der Waals surface area contributed by atoms with Crippen molar-refractivity contribution in [2.45, 2.75) is 69.7 Å². The number of amides is 1. The van der Waals surface area contributed by atoms with Gasteiger partial charge in [-0.15, -0.1) is 0 Å². The van der Waals surface area contributed by atoms with Crippen molar-refractivity contribution in [3.63, 3.8) is 0 Å². The first-order chi connectivity index (χ1) is 24.6. The van der Waals surface area contributed by atoms with Gasteiger partial charge in [-0.2, -0.15) is 0 Å². The van der Waals surface area contributed by atoms with Crippen LogP contribution in [0.5, 0.6) is 5.75 Å². The van der Waals surface area contributed by atoms with Crippen molar-refractivity contribution >= 4 is 17.0 Å². The van der Waals surface area contributed by atoms with E-state index in [2.05, 4.69) is 17.1 Å². The molecule has 10 nitrogen and oxygen atoms in total. The highest BCUT2D eigenvalue weighted by atomic mass is 16.7. The molecule has 3 aromatic carbocycles. The molecule has 10 heteroatoms. The van der Waals surface area contributed by atoms with Crippen LogP contribution in [0, 0.1) is 0 Å². The third-order valence-corrected chi connectivity index (χ3v) is 9.15. The summed E-state index contributed by atoms with van der Waals surface area (Å²) in [7, 11) is 0. The zero-order chi connectivity index (χ0) is 34.4. The summed E-state index contributed by atoms with van der Waals surface area (Å²) in [5.74, 6) is 0.563. The SMILES string of the molecule is O=C(O)N1CC(OCCCOC2CCCCO2)C(c2ccc(OCCCOCc3ccccc3)cc2)C(OCc2ccc3cccnc3c2)C1. The molecule has 3 heterocycles. The molecule has 4 atom stereocenters. The Balaban J connectivity index is 1.09. The van der Waals surface area contributed by atoms with Crippen molar-refractivity contribution in [3.8, 4) is 5.75 Å². The Morgan fingerprint density at radius 1 is 0.800 bits per heavy atom. The molecule has 1 aromatic heterocycles. The molecule has 2 fully saturated rings. The number of ether oxygens (including phenoxy) is 6. The molecule has 1 amide bonds. The second kappa shape index (κ2) is 18.8. The fraction of sp³-hybridized carbons (Fsp3) is 0.450. The summed E-state index contributed by atoms with van der Waals surface area (Å²) in [5, 5.41) is 11.1. The maximum absolute atomic E-state index is 12.3. The van der Waals surface area contributed by atoms with Crippen LogP contribution < -0.4 is 4.74 Å². The monoisotopic (exact) mass is 684 g/mol. The number of carbonyl (C=O) groups is 1. The number of benzene rings is 3. The summed E-state index contributed by atoms with van der Waals surface area (Å²) in [6.45, 7) is 4.21. The van der Waals surface area contributed by atoms with E-state index in [1.807, 2.05) is 72.8 Å². The highest BCUT2D eigenvalue weighted by Gasteiger charge is 2.41. The van der Waals surface area contributed by atoms with Crippen molar-refractivity contribution in [1.29, 1.82) is 0 Å². The fourth-order valence-electron chi connectivity index (χ4n) is 6.53. The van der Waals surface area contributed by atoms with Gasteiger partial charge in [0.2, 0.25) is 0 Å². The van der Waals surface area contributed by atoms with E-state index in [4.69, 9.17) is 28.4 Å². The molecule has 2 saturated heterocycles. The standard InChI is InChI=1S/C40H48N2O8/c43-40(44)42-26-36(47-23-8-24-49-38-12-4-5-21-48-38)39(37(27-42)50-29-31-13-14-32-11-6-19-41-35(32)25-31)33-15-17-34(18-16-33)46-22-7-20-45-28-30-9-2-1-3-10-30/h1-3,6,9-11,13-19,25,36-39H,4-5,7-8,12,20-24,26-29H2,(H,43,44). The van der Waals surface area contributed by atoms with Crippen molar-refractivity contribution in [2.75, 3.05) is 46.1 Å². The lowest BCUT2D eigenvalue weighted by Gasteiger charge is -2.42. The molecule has 0 spiro atoms. The Labute approximate surface area is 294 Å². The van der Waals surface area contributed by atoms with Crippen molar-refractivity contribution in [2.24, 2.45) is 0 Å². The van der Waals surface area contributed by atoms with Crippen molar-refractivity contribution in [1.82, 2.24) is 9.88 Å². The second-order valence-electron chi connectivity index (χ2n) is 12.8. The predicted molar refractivity (Wildman–Crippen MR) is 189 cm³/mol. The average Bonchev–Trinajstić information content (AvgIpc) is 3.16. The van der Waals surface area contributed by atoms with Gasteiger partial charge in [-0.1, -0.05) is 60.7 Å². The fourth-order valence-corrected chi connectivity index (χ4v) is 6.53. The van der Waals surface area contributed by atoms with E-state index >= 15 is 0 Å². The largest absolute Gasteiger partial charge is 0.494 e. The van der Waals surface area contributed by atoms with E-state index in [0.717, 1.165) is 65.6 Å². The molecule has 0 aliphatic carbocycles. The van der Waals surface area contributed by atoms with E-state index < -0.39 is 18.3 Å². The first-order valence-corrected chi connectivity index (χ1v) is 17.7. The van der Waals surface area contributed by atoms with Gasteiger partial charge in [0.25, 0.3) is 0 Å². The Morgan fingerprint density at radius 3 is 2.40 bits per heavy atom. The Hall–Kier alpha value is -4.06. The van der Waals surface area contributed by atoms with Gasteiger partial charge in [0.15, 0.2) is 6.29 Å². The molecule has 4 aromatic rings. The molecule has 0 bridgehead atoms. The summed E-state index contributed by atoms with van der Waals surface area (Å²) in [6, 6.07) is 28.1. The average molecular weight is 685 g/mol. The number of rotatable bonds is 17. The molecular formula is C40H48N2O8. The Morgan fingerprint density at radius 2 is 1.60 bits per heavy atom. The molecule has 4 unspecified atom stereocenters. The topological polar surface area (TPSA) is 109 Å². The number of pyridine rings is 1. The van der Waals surface area contributed by atoms with E-state index in [1.165, 1.54) is 4.90 Å². The van der Waals surface area contributed by atoms with Gasteiger partial charge in [-0.25, -0.2) is 4.79 Å². The Bertz CT molecular complexity index is 1600. The minimum atomic E-state index is -0.991. The molecular weight excluding hydrogens is 636 g/mol. The van der Waals surface area contributed by atoms with E-state index in [1.54, 1.807) is 6.20 Å². The van der Waals surface area contributed by atoms with Crippen LogP contribution in [-0.2, 0) is 36.9 Å². The van der Waals surface area contributed by atoms with Gasteiger partial charge in [0.1, 0.15) is 5.75 Å². The lowest BCUT2D eigenvalue weighted by atomic mass is 9.84. The lowest BCUT2D eigenvalue weighted by molar-refractivity contribution is -0.165. The van der Waals surface area contributed by atoms with Gasteiger partial charge in [0, 0.05) is 37.1 Å². The number of nitrogens with zero attached hydrogens (tertiary/aromatic N) is 2. The number of piperidine rings is 1. The van der Waals surface area contributed by atoms with Crippen LogP contribution in [0.2, 0.25) is 0 Å². The molecule has 50 heavy (non-hydrogen) atoms. The highest BCUT2D eigenvalue weighted by Crippen LogP contribution is 2.35. The van der Waals surface area contributed by atoms with Crippen molar-refractivity contribution in [3.05, 3.63) is 108 Å². The number of aromatic nitrogens is 1. The Kier molecular flexibility index (Phi) is 13.4. The minimum Gasteiger partial charge on any atom is -0.494 e. The van der Waals surface area contributed by atoms with E-state index in [9.17, 15) is 9.90 Å². The van der Waals surface area contributed by atoms with Crippen LogP contribution in [0.4, 0.5) is 4.79 Å². The number of carboxylic acid groups (broad SMARTS) is 1. The molecule has 2 aliphatic heterocycles. The number of hydrogen-bond donors (Lipinski definition) is 1. The van der Waals surface area contributed by atoms with Gasteiger partial charge >= 0.3 is 6.09 Å². The van der Waals surface area contributed by atoms with Crippen LogP contribution in [0.3, 0.4) is 0 Å². The first kappa shape index (κ1) is 35.8. The zero-order valence-corrected chi connectivity index (χ0v) is 28.6. The number of hydrogen-bond acceptors (Lipinski definition) is 8. The quantitative estimate of drug-likeness (QED) is 0.116. The third kappa shape index (κ3) is 10.5. The molecule has 6 rings (SSSR count). The number of likely N-dealkylation sites (tertiary alicyclic amines) is 1. The molecule has 1 N–H and O–H groups in total. The summed E-state index contributed by atoms with van der Waals surface area (Å²) in [5.41, 5.74) is 4.02. The van der Waals surface area contributed by atoms with Crippen LogP contribution in [0.1, 0.15) is 54.7 Å². The van der Waals surface area contributed by atoms with Gasteiger partial charge in [0.05, 0.1) is 63.8 Å². The smallest absolute Gasteiger partial charge is 0.407 e. The van der Waals surface area contributed by atoms with Crippen LogP contribution >= 0.6 is 0 Å². The predicted octanol–water partition coefficient (Wildman–Crippen LogP) is 7.20. The normalized spacial score (nSPS) is 20.9. The number of fused-ring (bicyclic) bond motifs is 1. The van der Waals surface area contributed by atoms with E-state index in [-0.39, 0.29) is 25.3 Å². The zero-order valence-electron chi connectivity index (χ0n) is 28.6. The molecule has 266 valence electrons. The first-order valence-electron chi connectivity index (χ1n) is 17.7. The summed E-state index contributed by atoms with van der Waals surface area (Å²) < 4.78 is 36.4. The van der Waals surface area contributed by atoms with Gasteiger partial charge in [-0.3, -0.25) is 4.98 Å². The van der Waals surface area contributed by atoms with Crippen LogP contribution in [0.25, 0.3) is 10.9 Å². The molecule has 2 aliphatic rings. The van der Waals surface area contributed by atoms with Gasteiger partial charge in [-0.05, 0) is 66.6 Å². The highest BCUT2D eigenvalue weighted by molar-refractivity contribution is 5.78. The maximum atomic E-state index is 12.3. The molecule has 0 radical (unpaired) electrons. The second-order valence-corrected chi connectivity index (χ2v) is 12.8. The summed E-state index contributed by atoms with van der Waals surface area (Å²) in [4.78, 5) is 18.2. The minimum absolute atomic E-state index is 0.153. The van der Waals surface area contributed by atoms with Gasteiger partial charge < -0.3 is 38.4 Å².